The molecule has 1 aliphatic carbocycles. The molecule has 4 rings (SSSR count). The van der Waals surface area contributed by atoms with Gasteiger partial charge in [0.05, 0.1) is 18.7 Å². The third-order valence-electron chi connectivity index (χ3n) is 6.98. The molecule has 9 nitrogen and oxygen atoms in total. The number of urea groups is 1. The first-order valence-corrected chi connectivity index (χ1v) is 12.8. The van der Waals surface area contributed by atoms with Crippen LogP contribution in [0.5, 0.6) is 0 Å². The zero-order valence-corrected chi connectivity index (χ0v) is 20.8. The second-order valence-corrected chi connectivity index (χ2v) is 9.58. The maximum Gasteiger partial charge on any atom is 0.327 e. The predicted molar refractivity (Wildman–Crippen MR) is 132 cm³/mol. The van der Waals surface area contributed by atoms with Gasteiger partial charge in [0, 0.05) is 25.6 Å². The minimum Gasteiger partial charge on any atom is -0.467 e. The standard InChI is InChI=1S/C27H33FN4O5/c28-20-12-10-19(11-13-20)16-29-25(34)18-32-23-8-2-1-7-22(23)26(35)31(27(32)36)14-4-3-9-24(33)30-17-21-6-5-15-37-21/h5-6,10-13,15,22-23H,1-4,7-9,14,16-18H2,(H,29,34)(H,30,33). The number of fused-ring (bicyclic) bond motifs is 1. The lowest BCUT2D eigenvalue weighted by Gasteiger charge is -2.46. The van der Waals surface area contributed by atoms with Crippen molar-refractivity contribution >= 4 is 23.8 Å². The van der Waals surface area contributed by atoms with Gasteiger partial charge in [0.1, 0.15) is 18.1 Å². The number of rotatable bonds is 11. The second-order valence-electron chi connectivity index (χ2n) is 9.58. The van der Waals surface area contributed by atoms with Gasteiger partial charge in [-0.25, -0.2) is 9.18 Å². The van der Waals surface area contributed by atoms with Crippen LogP contribution in [0.1, 0.15) is 56.3 Å². The van der Waals surface area contributed by atoms with Crippen molar-refractivity contribution in [2.45, 2.75) is 64.1 Å². The van der Waals surface area contributed by atoms with Crippen molar-refractivity contribution in [1.29, 1.82) is 0 Å². The number of benzene rings is 1. The van der Waals surface area contributed by atoms with Crippen LogP contribution < -0.4 is 10.6 Å². The average molecular weight is 513 g/mol. The molecule has 2 atom stereocenters. The number of nitrogens with zero attached hydrogens (tertiary/aromatic N) is 2. The highest BCUT2D eigenvalue weighted by molar-refractivity contribution is 6.00. The molecule has 0 spiro atoms. The summed E-state index contributed by atoms with van der Waals surface area (Å²) >= 11 is 0. The summed E-state index contributed by atoms with van der Waals surface area (Å²) in [5.74, 6) is -0.629. The van der Waals surface area contributed by atoms with Crippen molar-refractivity contribution in [2.24, 2.45) is 5.92 Å². The van der Waals surface area contributed by atoms with E-state index in [0.717, 1.165) is 18.4 Å². The Hall–Kier alpha value is -3.69. The van der Waals surface area contributed by atoms with Gasteiger partial charge in [0.15, 0.2) is 0 Å². The van der Waals surface area contributed by atoms with Crippen molar-refractivity contribution in [3.8, 4) is 0 Å². The van der Waals surface area contributed by atoms with Crippen LogP contribution in [0, 0.1) is 11.7 Å². The number of halogens is 1. The van der Waals surface area contributed by atoms with Crippen LogP contribution in [0.3, 0.4) is 0 Å². The van der Waals surface area contributed by atoms with Crippen LogP contribution in [-0.4, -0.2) is 52.7 Å². The number of imide groups is 1. The highest BCUT2D eigenvalue weighted by Gasteiger charge is 2.47. The summed E-state index contributed by atoms with van der Waals surface area (Å²) in [6, 6.07) is 8.64. The molecule has 2 heterocycles. The number of carbonyl (C=O) groups is 4. The van der Waals surface area contributed by atoms with Crippen LogP contribution in [0.25, 0.3) is 0 Å². The Morgan fingerprint density at radius 1 is 0.973 bits per heavy atom. The molecule has 2 aromatic rings. The number of hydrogen-bond acceptors (Lipinski definition) is 5. The first kappa shape index (κ1) is 26.4. The van der Waals surface area contributed by atoms with Crippen LogP contribution in [0.15, 0.2) is 47.1 Å². The fraction of sp³-hybridized carbons (Fsp3) is 0.481. The molecule has 5 amide bonds. The molecule has 1 saturated heterocycles. The summed E-state index contributed by atoms with van der Waals surface area (Å²) in [5.41, 5.74) is 0.750. The molecule has 1 saturated carbocycles. The van der Waals surface area contributed by atoms with E-state index >= 15 is 0 Å². The van der Waals surface area contributed by atoms with Crippen LogP contribution in [-0.2, 0) is 27.5 Å². The summed E-state index contributed by atoms with van der Waals surface area (Å²) in [4.78, 5) is 54.1. The van der Waals surface area contributed by atoms with Crippen LogP contribution in [0.2, 0.25) is 0 Å². The molecule has 0 bridgehead atoms. The largest absolute Gasteiger partial charge is 0.467 e. The molecule has 0 radical (unpaired) electrons. The Labute approximate surface area is 215 Å². The van der Waals surface area contributed by atoms with Crippen molar-refractivity contribution < 1.29 is 28.0 Å². The van der Waals surface area contributed by atoms with Gasteiger partial charge in [-0.3, -0.25) is 19.3 Å². The fourth-order valence-electron chi connectivity index (χ4n) is 5.01. The Morgan fingerprint density at radius 3 is 2.49 bits per heavy atom. The highest BCUT2D eigenvalue weighted by Crippen LogP contribution is 2.34. The summed E-state index contributed by atoms with van der Waals surface area (Å²) < 4.78 is 18.3. The van der Waals surface area contributed by atoms with E-state index in [1.165, 1.54) is 21.9 Å². The van der Waals surface area contributed by atoms with Gasteiger partial charge in [-0.15, -0.1) is 0 Å². The average Bonchev–Trinajstić information content (AvgIpc) is 3.43. The zero-order valence-electron chi connectivity index (χ0n) is 20.8. The second kappa shape index (κ2) is 12.5. The zero-order chi connectivity index (χ0) is 26.2. The summed E-state index contributed by atoms with van der Waals surface area (Å²) in [6.45, 7) is 0.607. The highest BCUT2D eigenvalue weighted by atomic mass is 19.1. The van der Waals surface area contributed by atoms with Gasteiger partial charge in [0.2, 0.25) is 17.7 Å². The minimum absolute atomic E-state index is 0.125. The van der Waals surface area contributed by atoms with Gasteiger partial charge in [0.25, 0.3) is 0 Å². The van der Waals surface area contributed by atoms with E-state index in [-0.39, 0.29) is 61.6 Å². The lowest BCUT2D eigenvalue weighted by molar-refractivity contribution is -0.142. The third-order valence-corrected chi connectivity index (χ3v) is 6.98. The van der Waals surface area contributed by atoms with Gasteiger partial charge < -0.3 is 20.0 Å². The molecule has 10 heteroatoms. The normalized spacial score (nSPS) is 19.5. The predicted octanol–water partition coefficient (Wildman–Crippen LogP) is 3.34. The number of amides is 5. The van der Waals surface area contributed by atoms with Crippen LogP contribution >= 0.6 is 0 Å². The number of carbonyl (C=O) groups excluding carboxylic acids is 4. The van der Waals surface area contributed by atoms with E-state index in [0.29, 0.717) is 38.0 Å². The van der Waals surface area contributed by atoms with E-state index < -0.39 is 6.03 Å². The fourth-order valence-corrected chi connectivity index (χ4v) is 5.01. The SMILES string of the molecule is O=C(CCCCN1C(=O)C2CCCCC2N(CC(=O)NCc2ccc(F)cc2)C1=O)NCc1ccco1. The number of nitrogens with one attached hydrogen (secondary N) is 2. The Morgan fingerprint density at radius 2 is 1.73 bits per heavy atom. The lowest BCUT2D eigenvalue weighted by atomic mass is 9.81. The maximum absolute atomic E-state index is 13.3. The van der Waals surface area contributed by atoms with Crippen molar-refractivity contribution in [2.75, 3.05) is 13.1 Å². The van der Waals surface area contributed by atoms with E-state index in [9.17, 15) is 23.6 Å². The molecule has 1 aliphatic heterocycles. The molecular formula is C27H33FN4O5. The molecular weight excluding hydrogens is 479 g/mol. The molecule has 2 fully saturated rings. The molecule has 37 heavy (non-hydrogen) atoms. The first-order valence-electron chi connectivity index (χ1n) is 12.8. The van der Waals surface area contributed by atoms with Gasteiger partial charge in [-0.2, -0.15) is 0 Å². The van der Waals surface area contributed by atoms with Gasteiger partial charge in [-0.05, 0) is 55.5 Å². The van der Waals surface area contributed by atoms with Crippen molar-refractivity contribution in [3.05, 3.63) is 59.8 Å². The van der Waals surface area contributed by atoms with Crippen LogP contribution in [0.4, 0.5) is 9.18 Å². The minimum atomic E-state index is -0.452. The van der Waals surface area contributed by atoms with Gasteiger partial charge >= 0.3 is 6.03 Å². The number of unbranched alkanes of at least 4 members (excludes halogenated alkanes) is 1. The molecule has 198 valence electrons. The van der Waals surface area contributed by atoms with E-state index in [2.05, 4.69) is 10.6 Å². The van der Waals surface area contributed by atoms with Crippen molar-refractivity contribution in [1.82, 2.24) is 20.4 Å². The molecule has 1 aromatic carbocycles. The van der Waals surface area contributed by atoms with Crippen molar-refractivity contribution in [3.63, 3.8) is 0 Å². The molecule has 2 aliphatic rings. The summed E-state index contributed by atoms with van der Waals surface area (Å²) in [5, 5.41) is 5.57. The molecule has 1 aromatic heterocycles. The lowest BCUT2D eigenvalue weighted by Crippen LogP contribution is -2.63. The van der Waals surface area contributed by atoms with E-state index in [1.54, 1.807) is 30.5 Å². The number of hydrogen-bond donors (Lipinski definition) is 2. The third kappa shape index (κ3) is 6.96. The monoisotopic (exact) mass is 512 g/mol. The number of furan rings is 1. The maximum atomic E-state index is 13.3. The summed E-state index contributed by atoms with van der Waals surface area (Å²) in [6.07, 6.45) is 6.04. The first-order chi connectivity index (χ1) is 17.9. The molecule has 2 unspecified atom stereocenters. The smallest absolute Gasteiger partial charge is 0.327 e. The molecule has 2 N–H and O–H groups in total. The quantitative estimate of drug-likeness (QED) is 0.449. The Bertz CT molecular complexity index is 1090. The Balaban J connectivity index is 1.29. The topological polar surface area (TPSA) is 112 Å². The summed E-state index contributed by atoms with van der Waals surface area (Å²) in [7, 11) is 0. The van der Waals surface area contributed by atoms with E-state index in [4.69, 9.17) is 4.42 Å². The van der Waals surface area contributed by atoms with E-state index in [1.807, 2.05) is 0 Å². The van der Waals surface area contributed by atoms with Gasteiger partial charge in [-0.1, -0.05) is 25.0 Å². The Kier molecular flexibility index (Phi) is 8.92.